The summed E-state index contributed by atoms with van der Waals surface area (Å²) in [6.45, 7) is 5.91. The maximum Gasteiger partial charge on any atom is 0.0470 e. The van der Waals surface area contributed by atoms with Gasteiger partial charge in [0.25, 0.3) is 0 Å². The molecule has 0 aliphatic carbocycles. The van der Waals surface area contributed by atoms with Gasteiger partial charge in [-0.05, 0) is 12.2 Å². The molecule has 0 unspecified atom stereocenters. The first-order valence-electron chi connectivity index (χ1n) is 4.60. The minimum atomic E-state index is 0. The van der Waals surface area contributed by atoms with Crippen LogP contribution in [0.1, 0.15) is 28.1 Å². The van der Waals surface area contributed by atoms with Gasteiger partial charge in [0.05, 0.1) is 0 Å². The predicted molar refractivity (Wildman–Crippen MR) is 61.0 cm³/mol. The molecule has 0 aromatic heterocycles. The molecule has 0 spiro atoms. The minimum Gasteiger partial charge on any atom is -0.385 e. The third-order valence-electron chi connectivity index (χ3n) is 0.899. The van der Waals surface area contributed by atoms with E-state index in [1.165, 1.54) is 12.2 Å². The van der Waals surface area contributed by atoms with Crippen molar-refractivity contribution in [2.24, 2.45) is 5.73 Å². The van der Waals surface area contributed by atoms with E-state index in [9.17, 15) is 0 Å². The fourth-order valence-corrected chi connectivity index (χ4v) is 1.18. The summed E-state index contributed by atoms with van der Waals surface area (Å²) in [6, 6.07) is 0. The van der Waals surface area contributed by atoms with Crippen molar-refractivity contribution in [2.45, 2.75) is 26.7 Å². The topological polar surface area (TPSA) is 35.2 Å². The molecule has 0 fully saturated rings. The SMILES string of the molecule is CCC.COCCCSCCN.[HH]. The van der Waals surface area contributed by atoms with Crippen molar-refractivity contribution in [3.63, 3.8) is 0 Å². The fraction of sp³-hybridized carbons (Fsp3) is 1.00. The van der Waals surface area contributed by atoms with E-state index >= 15 is 0 Å². The van der Waals surface area contributed by atoms with Crippen LogP contribution in [0, 0.1) is 0 Å². The second kappa shape index (κ2) is 17.4. The molecule has 12 heavy (non-hydrogen) atoms. The second-order valence-electron chi connectivity index (χ2n) is 2.45. The zero-order chi connectivity index (χ0) is 9.66. The van der Waals surface area contributed by atoms with Crippen molar-refractivity contribution in [3.05, 3.63) is 0 Å². The monoisotopic (exact) mass is 195 g/mol. The average Bonchev–Trinajstić information content (AvgIpc) is 2.06. The Morgan fingerprint density at radius 3 is 2.33 bits per heavy atom. The molecule has 78 valence electrons. The van der Waals surface area contributed by atoms with Crippen LogP contribution < -0.4 is 5.73 Å². The molecule has 0 aliphatic heterocycles. The van der Waals surface area contributed by atoms with Crippen LogP contribution in [0.3, 0.4) is 0 Å². The van der Waals surface area contributed by atoms with Gasteiger partial charge in [0.1, 0.15) is 0 Å². The second-order valence-corrected chi connectivity index (χ2v) is 3.68. The van der Waals surface area contributed by atoms with Crippen LogP contribution in [0.15, 0.2) is 0 Å². The Morgan fingerprint density at radius 1 is 1.33 bits per heavy atom. The Labute approximate surface area is 82.7 Å². The zero-order valence-electron chi connectivity index (χ0n) is 8.64. The third kappa shape index (κ3) is 22.4. The quantitative estimate of drug-likeness (QED) is 0.661. The smallest absolute Gasteiger partial charge is 0.0470 e. The Morgan fingerprint density at radius 2 is 1.92 bits per heavy atom. The number of rotatable bonds is 6. The van der Waals surface area contributed by atoms with E-state index in [0.717, 1.165) is 25.3 Å². The van der Waals surface area contributed by atoms with Crippen LogP contribution in [0.5, 0.6) is 0 Å². The van der Waals surface area contributed by atoms with Crippen molar-refractivity contribution < 1.29 is 6.16 Å². The summed E-state index contributed by atoms with van der Waals surface area (Å²) in [5.41, 5.74) is 5.29. The predicted octanol–water partition coefficient (Wildman–Crippen LogP) is 2.38. The molecule has 0 aromatic rings. The molecule has 0 radical (unpaired) electrons. The first-order valence-corrected chi connectivity index (χ1v) is 5.75. The van der Waals surface area contributed by atoms with Crippen molar-refractivity contribution in [1.29, 1.82) is 0 Å². The van der Waals surface area contributed by atoms with Crippen molar-refractivity contribution >= 4 is 11.8 Å². The average molecular weight is 195 g/mol. The maximum atomic E-state index is 5.29. The van der Waals surface area contributed by atoms with E-state index < -0.39 is 0 Å². The fourth-order valence-electron chi connectivity index (χ4n) is 0.491. The van der Waals surface area contributed by atoms with Crippen LogP contribution in [0.4, 0.5) is 0 Å². The molecule has 0 aliphatic rings. The van der Waals surface area contributed by atoms with Crippen LogP contribution in [0.2, 0.25) is 0 Å². The minimum absolute atomic E-state index is 0. The van der Waals surface area contributed by atoms with Gasteiger partial charge in [0.2, 0.25) is 0 Å². The maximum absolute atomic E-state index is 5.29. The Kier molecular flexibility index (Phi) is 21.4. The molecule has 0 aromatic carbocycles. The van der Waals surface area contributed by atoms with Gasteiger partial charge >= 0.3 is 0 Å². The first-order chi connectivity index (χ1) is 5.83. The van der Waals surface area contributed by atoms with E-state index in [2.05, 4.69) is 13.8 Å². The lowest BCUT2D eigenvalue weighted by Crippen LogP contribution is -2.02. The lowest BCUT2D eigenvalue weighted by molar-refractivity contribution is 0.200. The van der Waals surface area contributed by atoms with E-state index in [1.54, 1.807) is 7.11 Å². The van der Waals surface area contributed by atoms with Gasteiger partial charge in [0, 0.05) is 27.4 Å². The highest BCUT2D eigenvalue weighted by Gasteiger charge is 1.85. The molecule has 0 heterocycles. The van der Waals surface area contributed by atoms with Gasteiger partial charge in [-0.2, -0.15) is 11.8 Å². The van der Waals surface area contributed by atoms with E-state index in [-0.39, 0.29) is 1.43 Å². The molecule has 0 atom stereocenters. The molecule has 0 rings (SSSR count). The van der Waals surface area contributed by atoms with Gasteiger partial charge in [-0.25, -0.2) is 0 Å². The number of methoxy groups -OCH3 is 1. The van der Waals surface area contributed by atoms with Gasteiger partial charge in [-0.1, -0.05) is 20.3 Å². The summed E-state index contributed by atoms with van der Waals surface area (Å²) >= 11 is 1.89. The Balaban J connectivity index is -0.000000220. The largest absolute Gasteiger partial charge is 0.385 e. The van der Waals surface area contributed by atoms with E-state index in [0.29, 0.717) is 0 Å². The summed E-state index contributed by atoms with van der Waals surface area (Å²) in [5, 5.41) is 0. The highest BCUT2D eigenvalue weighted by atomic mass is 32.2. The summed E-state index contributed by atoms with van der Waals surface area (Å²) < 4.78 is 4.88. The Hall–Kier alpha value is 0.270. The van der Waals surface area contributed by atoms with E-state index in [4.69, 9.17) is 10.5 Å². The Bertz CT molecular complexity index is 61.6. The van der Waals surface area contributed by atoms with Gasteiger partial charge in [-0.15, -0.1) is 0 Å². The number of nitrogens with two attached hydrogens (primary N) is 1. The van der Waals surface area contributed by atoms with Crippen molar-refractivity contribution in [2.75, 3.05) is 31.8 Å². The van der Waals surface area contributed by atoms with Gasteiger partial charge in [-0.3, -0.25) is 0 Å². The molecule has 3 heteroatoms. The molecule has 0 saturated carbocycles. The molecule has 0 saturated heterocycles. The highest BCUT2D eigenvalue weighted by molar-refractivity contribution is 7.99. The van der Waals surface area contributed by atoms with Crippen molar-refractivity contribution in [1.82, 2.24) is 0 Å². The molecular weight excluding hydrogens is 170 g/mol. The van der Waals surface area contributed by atoms with E-state index in [1.807, 2.05) is 11.8 Å². The molecule has 2 nitrogen and oxygen atoms in total. The summed E-state index contributed by atoms with van der Waals surface area (Å²) in [5.74, 6) is 2.24. The van der Waals surface area contributed by atoms with Gasteiger partial charge < -0.3 is 10.5 Å². The van der Waals surface area contributed by atoms with Crippen LogP contribution in [0.25, 0.3) is 0 Å². The standard InChI is InChI=1S/C6H15NOS.C3H8.H2/c1-8-4-2-5-9-6-3-7;1-3-2;/h2-7H2,1H3;3H2,1-2H3;1H. The molecular formula is C9H25NOS. The van der Waals surface area contributed by atoms with Gasteiger partial charge in [0.15, 0.2) is 0 Å². The zero-order valence-corrected chi connectivity index (χ0v) is 9.45. The molecule has 0 bridgehead atoms. The molecule has 0 amide bonds. The summed E-state index contributed by atoms with van der Waals surface area (Å²) in [6.07, 6.45) is 2.39. The summed E-state index contributed by atoms with van der Waals surface area (Å²) in [4.78, 5) is 0. The number of ether oxygens (including phenoxy) is 1. The lowest BCUT2D eigenvalue weighted by atomic mass is 10.5. The van der Waals surface area contributed by atoms with Crippen LogP contribution in [-0.2, 0) is 4.74 Å². The normalized spacial score (nSPS) is 9.00. The third-order valence-corrected chi connectivity index (χ3v) is 2.00. The molecule has 2 N–H and O–H groups in total. The summed E-state index contributed by atoms with van der Waals surface area (Å²) in [7, 11) is 1.73. The van der Waals surface area contributed by atoms with Crippen LogP contribution in [-0.4, -0.2) is 31.8 Å². The lowest BCUT2D eigenvalue weighted by Gasteiger charge is -1.97. The number of thioether (sulfide) groups is 1. The van der Waals surface area contributed by atoms with Crippen molar-refractivity contribution in [3.8, 4) is 0 Å². The number of hydrogen-bond donors (Lipinski definition) is 1. The van der Waals surface area contributed by atoms with Crippen LogP contribution >= 0.6 is 11.8 Å². The first kappa shape index (κ1) is 14.8. The number of hydrogen-bond acceptors (Lipinski definition) is 3. The highest BCUT2D eigenvalue weighted by Crippen LogP contribution is 1.99.